The van der Waals surface area contributed by atoms with E-state index in [-0.39, 0.29) is 11.1 Å². The van der Waals surface area contributed by atoms with E-state index in [9.17, 15) is 13.2 Å². The second-order valence-corrected chi connectivity index (χ2v) is 4.01. The van der Waals surface area contributed by atoms with Crippen LogP contribution in [0.1, 0.15) is 17.2 Å². The minimum atomic E-state index is -1.08. The van der Waals surface area contributed by atoms with Crippen molar-refractivity contribution in [3.8, 4) is 5.75 Å². The maximum absolute atomic E-state index is 13.8. The zero-order valence-electron chi connectivity index (χ0n) is 10.2. The van der Waals surface area contributed by atoms with Gasteiger partial charge in [-0.2, -0.15) is 0 Å². The maximum atomic E-state index is 13.8. The van der Waals surface area contributed by atoms with E-state index in [4.69, 9.17) is 10.5 Å². The molecular weight excluding hydrogens is 255 g/mol. The fourth-order valence-electron chi connectivity index (χ4n) is 1.82. The average Bonchev–Trinajstić information content (AvgIpc) is 2.41. The van der Waals surface area contributed by atoms with Crippen LogP contribution in [0.15, 0.2) is 36.4 Å². The highest BCUT2D eigenvalue weighted by Gasteiger charge is 2.19. The molecule has 2 nitrogen and oxygen atoms in total. The molecule has 0 fully saturated rings. The number of hydrogen-bond acceptors (Lipinski definition) is 2. The van der Waals surface area contributed by atoms with Crippen LogP contribution in [0.3, 0.4) is 0 Å². The lowest BCUT2D eigenvalue weighted by Crippen LogP contribution is -2.16. The Labute approximate surface area is 108 Å². The van der Waals surface area contributed by atoms with Crippen LogP contribution in [0.4, 0.5) is 13.2 Å². The summed E-state index contributed by atoms with van der Waals surface area (Å²) in [5, 5.41) is 0. The van der Waals surface area contributed by atoms with Gasteiger partial charge in [0.15, 0.2) is 11.6 Å². The molecular formula is C14H12F3NO. The summed E-state index contributed by atoms with van der Waals surface area (Å²) < 4.78 is 45.4. The summed E-state index contributed by atoms with van der Waals surface area (Å²) in [4.78, 5) is 0. The van der Waals surface area contributed by atoms with Crippen molar-refractivity contribution in [2.24, 2.45) is 5.73 Å². The Morgan fingerprint density at radius 2 is 1.74 bits per heavy atom. The summed E-state index contributed by atoms with van der Waals surface area (Å²) in [6.45, 7) is 0. The average molecular weight is 267 g/mol. The summed E-state index contributed by atoms with van der Waals surface area (Å²) in [5.41, 5.74) is 5.77. The van der Waals surface area contributed by atoms with E-state index in [0.717, 1.165) is 12.1 Å². The topological polar surface area (TPSA) is 35.2 Å². The van der Waals surface area contributed by atoms with E-state index < -0.39 is 23.5 Å². The predicted octanol–water partition coefficient (Wildman–Crippen LogP) is 3.16. The summed E-state index contributed by atoms with van der Waals surface area (Å²) in [6, 6.07) is 6.60. The molecule has 100 valence electrons. The highest BCUT2D eigenvalue weighted by molar-refractivity contribution is 5.37. The van der Waals surface area contributed by atoms with Gasteiger partial charge in [0.1, 0.15) is 11.6 Å². The van der Waals surface area contributed by atoms with Crippen LogP contribution in [0.5, 0.6) is 5.75 Å². The van der Waals surface area contributed by atoms with Crippen LogP contribution in [0, 0.1) is 17.5 Å². The van der Waals surface area contributed by atoms with Crippen LogP contribution >= 0.6 is 0 Å². The van der Waals surface area contributed by atoms with Crippen molar-refractivity contribution in [1.82, 2.24) is 0 Å². The Bertz CT molecular complexity index is 601. The second-order valence-electron chi connectivity index (χ2n) is 4.01. The van der Waals surface area contributed by atoms with Gasteiger partial charge in [-0.05, 0) is 12.1 Å². The van der Waals surface area contributed by atoms with E-state index >= 15 is 0 Å². The number of rotatable bonds is 3. The third-order valence-corrected chi connectivity index (χ3v) is 2.86. The fourth-order valence-corrected chi connectivity index (χ4v) is 1.82. The minimum Gasteiger partial charge on any atom is -0.497 e. The van der Waals surface area contributed by atoms with Gasteiger partial charge in [-0.1, -0.05) is 18.2 Å². The molecule has 5 heteroatoms. The van der Waals surface area contributed by atoms with Crippen molar-refractivity contribution in [1.29, 1.82) is 0 Å². The Morgan fingerprint density at radius 1 is 1.00 bits per heavy atom. The predicted molar refractivity (Wildman–Crippen MR) is 65.3 cm³/mol. The van der Waals surface area contributed by atoms with Crippen LogP contribution in [-0.4, -0.2) is 7.11 Å². The van der Waals surface area contributed by atoms with E-state index in [1.807, 2.05) is 0 Å². The largest absolute Gasteiger partial charge is 0.497 e. The van der Waals surface area contributed by atoms with Crippen molar-refractivity contribution in [2.75, 3.05) is 7.11 Å². The molecule has 2 rings (SSSR count). The van der Waals surface area contributed by atoms with Crippen LogP contribution in [0.25, 0.3) is 0 Å². The lowest BCUT2D eigenvalue weighted by Gasteiger charge is -2.15. The van der Waals surface area contributed by atoms with E-state index in [1.54, 1.807) is 0 Å². The number of ether oxygens (including phenoxy) is 1. The molecule has 0 radical (unpaired) electrons. The Balaban J connectivity index is 2.44. The molecule has 0 heterocycles. The minimum absolute atomic E-state index is 0.0744. The Morgan fingerprint density at radius 3 is 2.37 bits per heavy atom. The molecule has 1 atom stereocenters. The van der Waals surface area contributed by atoms with Gasteiger partial charge in [-0.15, -0.1) is 0 Å². The van der Waals surface area contributed by atoms with Crippen LogP contribution in [0.2, 0.25) is 0 Å². The smallest absolute Gasteiger partial charge is 0.163 e. The van der Waals surface area contributed by atoms with Gasteiger partial charge in [0.25, 0.3) is 0 Å². The molecule has 0 spiro atoms. The first-order valence-electron chi connectivity index (χ1n) is 5.57. The molecule has 19 heavy (non-hydrogen) atoms. The van der Waals surface area contributed by atoms with Gasteiger partial charge in [0.05, 0.1) is 13.2 Å². The molecule has 0 aliphatic carbocycles. The summed E-state index contributed by atoms with van der Waals surface area (Å²) >= 11 is 0. The number of hydrogen-bond donors (Lipinski definition) is 1. The first-order valence-corrected chi connectivity index (χ1v) is 5.57. The second kappa shape index (κ2) is 5.32. The molecule has 0 saturated heterocycles. The monoisotopic (exact) mass is 267 g/mol. The van der Waals surface area contributed by atoms with E-state index in [1.165, 1.54) is 31.4 Å². The highest BCUT2D eigenvalue weighted by Crippen LogP contribution is 2.27. The Hall–Kier alpha value is -2.01. The highest BCUT2D eigenvalue weighted by atomic mass is 19.2. The molecule has 2 N–H and O–H groups in total. The molecule has 0 aliphatic rings. The van der Waals surface area contributed by atoms with Gasteiger partial charge in [-0.3, -0.25) is 0 Å². The van der Waals surface area contributed by atoms with Gasteiger partial charge in [0.2, 0.25) is 0 Å². The summed E-state index contributed by atoms with van der Waals surface area (Å²) in [5.74, 6) is -2.38. The Kier molecular flexibility index (Phi) is 3.76. The van der Waals surface area contributed by atoms with Crippen molar-refractivity contribution >= 4 is 0 Å². The number of benzene rings is 2. The van der Waals surface area contributed by atoms with Crippen molar-refractivity contribution < 1.29 is 17.9 Å². The van der Waals surface area contributed by atoms with Crippen LogP contribution in [-0.2, 0) is 0 Å². The van der Waals surface area contributed by atoms with E-state index in [0.29, 0.717) is 5.75 Å². The quantitative estimate of drug-likeness (QED) is 0.927. The molecule has 0 aromatic heterocycles. The molecule has 2 aromatic rings. The molecule has 1 unspecified atom stereocenters. The normalized spacial score (nSPS) is 12.3. The third kappa shape index (κ3) is 2.56. The third-order valence-electron chi connectivity index (χ3n) is 2.86. The molecule has 0 bridgehead atoms. The van der Waals surface area contributed by atoms with Gasteiger partial charge in [0, 0.05) is 17.2 Å². The zero-order chi connectivity index (χ0) is 14.0. The standard InChI is InChI=1S/C14H12F3NO/c1-19-8-5-6-9(12(16)7-8)14(18)10-3-2-4-11(15)13(10)17/h2-7,14H,18H2,1H3. The first-order chi connectivity index (χ1) is 9.04. The molecule has 0 aliphatic heterocycles. The van der Waals surface area contributed by atoms with Gasteiger partial charge < -0.3 is 10.5 Å². The fraction of sp³-hybridized carbons (Fsp3) is 0.143. The molecule has 0 amide bonds. The number of methoxy groups -OCH3 is 1. The first kappa shape index (κ1) is 13.4. The van der Waals surface area contributed by atoms with Gasteiger partial charge in [-0.25, -0.2) is 13.2 Å². The van der Waals surface area contributed by atoms with Crippen molar-refractivity contribution in [3.05, 3.63) is 65.0 Å². The van der Waals surface area contributed by atoms with Crippen molar-refractivity contribution in [3.63, 3.8) is 0 Å². The summed E-state index contributed by atoms with van der Waals surface area (Å²) in [6.07, 6.45) is 0. The molecule has 2 aromatic carbocycles. The SMILES string of the molecule is COc1ccc(C(N)c2cccc(F)c2F)c(F)c1. The maximum Gasteiger partial charge on any atom is 0.163 e. The zero-order valence-corrected chi connectivity index (χ0v) is 10.2. The number of halogens is 3. The van der Waals surface area contributed by atoms with Gasteiger partial charge >= 0.3 is 0 Å². The lowest BCUT2D eigenvalue weighted by atomic mass is 9.98. The lowest BCUT2D eigenvalue weighted by molar-refractivity contribution is 0.410. The molecule has 0 saturated carbocycles. The van der Waals surface area contributed by atoms with E-state index in [2.05, 4.69) is 0 Å². The summed E-state index contributed by atoms with van der Waals surface area (Å²) in [7, 11) is 1.40. The van der Waals surface area contributed by atoms with Crippen LogP contribution < -0.4 is 10.5 Å². The number of nitrogens with two attached hydrogens (primary N) is 1. The van der Waals surface area contributed by atoms with Crippen molar-refractivity contribution in [2.45, 2.75) is 6.04 Å².